The molecule has 0 radical (unpaired) electrons. The molecule has 11 atom stereocenters. The van der Waals surface area contributed by atoms with Gasteiger partial charge in [-0.3, -0.25) is 4.79 Å². The van der Waals surface area contributed by atoms with Gasteiger partial charge in [0.15, 0.2) is 0 Å². The van der Waals surface area contributed by atoms with Crippen LogP contribution in [0.3, 0.4) is 0 Å². The lowest BCUT2D eigenvalue weighted by atomic mass is 9.43. The van der Waals surface area contributed by atoms with Gasteiger partial charge in [0.25, 0.3) is 0 Å². The third kappa shape index (κ3) is 3.27. The quantitative estimate of drug-likeness (QED) is 0.571. The van der Waals surface area contributed by atoms with Gasteiger partial charge in [-0.1, -0.05) is 20.8 Å². The molecule has 0 saturated heterocycles. The van der Waals surface area contributed by atoms with E-state index in [0.29, 0.717) is 30.1 Å². The van der Waals surface area contributed by atoms with Crippen LogP contribution < -0.4 is 0 Å². The Kier molecular flexibility index (Phi) is 5.57. The maximum atomic E-state index is 11.5. The second kappa shape index (κ2) is 7.49. The number of hydrogen-bond donors (Lipinski definition) is 4. The average molecular weight is 409 g/mol. The fourth-order valence-electron chi connectivity index (χ4n) is 8.68. The summed E-state index contributed by atoms with van der Waals surface area (Å²) < 4.78 is 0. The predicted octanol–water partition coefficient (Wildman–Crippen LogP) is 3.45. The van der Waals surface area contributed by atoms with Crippen LogP contribution in [0.1, 0.15) is 78.6 Å². The van der Waals surface area contributed by atoms with Crippen molar-refractivity contribution in [1.82, 2.24) is 0 Å². The molecule has 0 aromatic carbocycles. The fourth-order valence-corrected chi connectivity index (χ4v) is 8.68. The molecule has 4 rings (SSSR count). The van der Waals surface area contributed by atoms with Crippen molar-refractivity contribution in [3.8, 4) is 0 Å². The molecule has 4 aliphatic carbocycles. The molecule has 0 aliphatic heterocycles. The van der Waals surface area contributed by atoms with E-state index in [0.717, 1.165) is 44.9 Å². The van der Waals surface area contributed by atoms with Crippen LogP contribution in [0.15, 0.2) is 0 Å². The Balaban J connectivity index is 1.61. The summed E-state index contributed by atoms with van der Waals surface area (Å²) in [4.78, 5) is 11.1. The second-order valence-electron chi connectivity index (χ2n) is 11.4. The van der Waals surface area contributed by atoms with Crippen LogP contribution in [0.2, 0.25) is 0 Å². The minimum atomic E-state index is -0.748. The minimum Gasteiger partial charge on any atom is -0.481 e. The van der Waals surface area contributed by atoms with Crippen LogP contribution in [0.5, 0.6) is 0 Å². The zero-order valence-electron chi connectivity index (χ0n) is 18.3. The van der Waals surface area contributed by atoms with Crippen molar-refractivity contribution in [2.24, 2.45) is 46.3 Å². The first-order valence-electron chi connectivity index (χ1n) is 11.8. The molecular formula is C24H40O5. The highest BCUT2D eigenvalue weighted by Crippen LogP contribution is 2.68. The molecule has 0 amide bonds. The number of hydrogen-bond acceptors (Lipinski definition) is 4. The van der Waals surface area contributed by atoms with Crippen LogP contribution in [0, 0.1) is 46.3 Å². The predicted molar refractivity (Wildman–Crippen MR) is 110 cm³/mol. The zero-order chi connectivity index (χ0) is 21.1. The number of aliphatic hydroxyl groups excluding tert-OH is 3. The maximum Gasteiger partial charge on any atom is 0.303 e. The van der Waals surface area contributed by atoms with E-state index in [2.05, 4.69) is 20.8 Å². The van der Waals surface area contributed by atoms with E-state index in [1.54, 1.807) is 0 Å². The Morgan fingerprint density at radius 1 is 1.03 bits per heavy atom. The maximum absolute atomic E-state index is 11.5. The molecule has 0 aromatic heterocycles. The lowest BCUT2D eigenvalue weighted by Gasteiger charge is -2.63. The van der Waals surface area contributed by atoms with Crippen molar-refractivity contribution in [3.63, 3.8) is 0 Å². The van der Waals surface area contributed by atoms with E-state index < -0.39 is 12.1 Å². The Morgan fingerprint density at radius 3 is 2.45 bits per heavy atom. The number of rotatable bonds is 4. The summed E-state index contributed by atoms with van der Waals surface area (Å²) >= 11 is 0. The summed E-state index contributed by atoms with van der Waals surface area (Å²) in [7, 11) is 0. The molecule has 4 fully saturated rings. The zero-order valence-corrected chi connectivity index (χ0v) is 18.3. The molecule has 4 aliphatic rings. The Labute approximate surface area is 174 Å². The topological polar surface area (TPSA) is 98.0 Å². The van der Waals surface area contributed by atoms with Gasteiger partial charge < -0.3 is 20.4 Å². The van der Waals surface area contributed by atoms with E-state index in [1.165, 1.54) is 0 Å². The first kappa shape index (κ1) is 21.6. The summed E-state index contributed by atoms with van der Waals surface area (Å²) in [6.45, 7) is 6.72. The summed E-state index contributed by atoms with van der Waals surface area (Å²) in [5, 5.41) is 42.0. The highest BCUT2D eigenvalue weighted by molar-refractivity contribution is 5.66. The molecule has 0 heterocycles. The van der Waals surface area contributed by atoms with E-state index >= 15 is 0 Å². The van der Waals surface area contributed by atoms with Gasteiger partial charge in [-0.05, 0) is 97.7 Å². The highest BCUT2D eigenvalue weighted by Gasteiger charge is 2.65. The number of carbonyl (C=O) groups is 1. The number of aliphatic carboxylic acids is 1. The molecule has 5 heteroatoms. The van der Waals surface area contributed by atoms with Crippen molar-refractivity contribution in [2.75, 3.05) is 0 Å². The molecule has 29 heavy (non-hydrogen) atoms. The standard InChI is InChI=1S/C24H40O5/c1-13(4-7-21(28)29)16-5-6-17-22-18(12-20(27)24(16,17)3)23(2)9-8-15(25)10-14(23)11-19(22)26/h13-20,22,25-27H,4-12H2,1-3H3,(H,28,29)/t13-,14?,15+,16?,17-,18-,19+,20-,22?,23?,24?/m0/s1. The van der Waals surface area contributed by atoms with Crippen LogP contribution >= 0.6 is 0 Å². The first-order valence-corrected chi connectivity index (χ1v) is 11.8. The molecule has 166 valence electrons. The van der Waals surface area contributed by atoms with Gasteiger partial charge in [0.2, 0.25) is 0 Å². The lowest BCUT2D eigenvalue weighted by molar-refractivity contribution is -0.207. The van der Waals surface area contributed by atoms with Crippen molar-refractivity contribution in [2.45, 2.75) is 96.9 Å². The van der Waals surface area contributed by atoms with Gasteiger partial charge in [-0.25, -0.2) is 0 Å². The van der Waals surface area contributed by atoms with E-state index in [9.17, 15) is 20.1 Å². The number of carboxylic acids is 1. The van der Waals surface area contributed by atoms with Crippen LogP contribution in [0.25, 0.3) is 0 Å². The molecule has 0 bridgehead atoms. The molecule has 4 saturated carbocycles. The third-order valence-corrected chi connectivity index (χ3v) is 10.3. The largest absolute Gasteiger partial charge is 0.481 e. The molecule has 0 aromatic rings. The van der Waals surface area contributed by atoms with Crippen LogP contribution in [-0.2, 0) is 4.79 Å². The van der Waals surface area contributed by atoms with Gasteiger partial charge >= 0.3 is 5.97 Å². The molecular weight excluding hydrogens is 368 g/mol. The Hall–Kier alpha value is -0.650. The van der Waals surface area contributed by atoms with Crippen molar-refractivity contribution in [1.29, 1.82) is 0 Å². The smallest absolute Gasteiger partial charge is 0.303 e. The summed E-state index contributed by atoms with van der Waals surface area (Å²) in [5.74, 6) is 0.997. The van der Waals surface area contributed by atoms with Gasteiger partial charge in [0.05, 0.1) is 18.3 Å². The Morgan fingerprint density at radius 2 is 1.76 bits per heavy atom. The monoisotopic (exact) mass is 408 g/mol. The molecule has 0 spiro atoms. The van der Waals surface area contributed by atoms with Gasteiger partial charge in [-0.15, -0.1) is 0 Å². The minimum absolute atomic E-state index is 0.0957. The lowest BCUT2D eigenvalue weighted by Crippen LogP contribution is -2.62. The van der Waals surface area contributed by atoms with E-state index in [1.807, 2.05) is 0 Å². The van der Waals surface area contributed by atoms with E-state index in [4.69, 9.17) is 5.11 Å². The number of carboxylic acid groups (broad SMARTS) is 1. The normalized spacial score (nSPS) is 52.9. The second-order valence-corrected chi connectivity index (χ2v) is 11.4. The molecule has 5 nitrogen and oxygen atoms in total. The van der Waals surface area contributed by atoms with Gasteiger partial charge in [-0.2, -0.15) is 0 Å². The average Bonchev–Trinajstić information content (AvgIpc) is 3.01. The van der Waals surface area contributed by atoms with E-state index in [-0.39, 0.29) is 41.3 Å². The van der Waals surface area contributed by atoms with Crippen LogP contribution in [-0.4, -0.2) is 44.7 Å². The van der Waals surface area contributed by atoms with Crippen molar-refractivity contribution < 1.29 is 25.2 Å². The van der Waals surface area contributed by atoms with Crippen LogP contribution in [0.4, 0.5) is 0 Å². The van der Waals surface area contributed by atoms with Gasteiger partial charge in [0.1, 0.15) is 0 Å². The number of fused-ring (bicyclic) bond motifs is 5. The van der Waals surface area contributed by atoms with Crippen molar-refractivity contribution >= 4 is 5.97 Å². The number of aliphatic hydroxyl groups is 3. The summed E-state index contributed by atoms with van der Waals surface area (Å²) in [6, 6.07) is 0. The molecule has 5 unspecified atom stereocenters. The fraction of sp³-hybridized carbons (Fsp3) is 0.958. The first-order chi connectivity index (χ1) is 13.6. The Bertz CT molecular complexity index is 637. The molecule has 4 N–H and O–H groups in total. The van der Waals surface area contributed by atoms with Crippen molar-refractivity contribution in [3.05, 3.63) is 0 Å². The highest BCUT2D eigenvalue weighted by atomic mass is 16.4. The van der Waals surface area contributed by atoms with Gasteiger partial charge in [0, 0.05) is 6.42 Å². The summed E-state index contributed by atoms with van der Waals surface area (Å²) in [6.07, 6.45) is 6.00. The third-order valence-electron chi connectivity index (χ3n) is 10.3. The SMILES string of the molecule is C[C@@H](CCC(=O)O)C1CC[C@H]2C3[C@H](O)CC4C[C@H](O)CCC4(C)[C@H]3C[C@H](O)C12C. The summed E-state index contributed by atoms with van der Waals surface area (Å²) in [5.41, 5.74) is -0.143.